The number of halogens is 1. The predicted octanol–water partition coefficient (Wildman–Crippen LogP) is 2.58. The molecule has 1 saturated carbocycles. The van der Waals surface area contributed by atoms with Crippen molar-refractivity contribution in [3.05, 3.63) is 11.2 Å². The number of piperazine rings is 1. The third-order valence-corrected chi connectivity index (χ3v) is 5.83. The Labute approximate surface area is 175 Å². The molecule has 2 heterocycles. The largest absolute Gasteiger partial charge is 0.353 e. The summed E-state index contributed by atoms with van der Waals surface area (Å²) in [6.45, 7) is 8.25. The summed E-state index contributed by atoms with van der Waals surface area (Å²) in [6, 6.07) is 2.20. The fourth-order valence-electron chi connectivity index (χ4n) is 3.24. The van der Waals surface area contributed by atoms with E-state index >= 15 is 0 Å². The third-order valence-electron chi connectivity index (χ3n) is 4.79. The minimum absolute atomic E-state index is 0.00327. The Balaban J connectivity index is 1.59. The first-order valence-electron chi connectivity index (χ1n) is 9.83. The van der Waals surface area contributed by atoms with E-state index in [0.717, 1.165) is 18.7 Å². The van der Waals surface area contributed by atoms with Gasteiger partial charge in [-0.3, -0.25) is 9.59 Å². The van der Waals surface area contributed by atoms with Crippen LogP contribution in [0.3, 0.4) is 0 Å². The first-order chi connectivity index (χ1) is 13.3. The zero-order valence-corrected chi connectivity index (χ0v) is 18.2. The molecule has 0 aromatic carbocycles. The van der Waals surface area contributed by atoms with Crippen molar-refractivity contribution in [1.29, 1.82) is 0 Å². The summed E-state index contributed by atoms with van der Waals surface area (Å²) >= 11 is 7.49. The number of nitrogens with zero attached hydrogens (tertiary/aromatic N) is 4. The SMILES string of the molecule is CC(C)CC(=O)N1CCN(c2cc(Cl)nc(SCC(=O)NC3CC3)n2)CC1C. The number of rotatable bonds is 7. The van der Waals surface area contributed by atoms with E-state index in [9.17, 15) is 9.59 Å². The molecule has 0 radical (unpaired) electrons. The van der Waals surface area contributed by atoms with Gasteiger partial charge in [-0.2, -0.15) is 0 Å². The monoisotopic (exact) mass is 425 g/mol. The Kier molecular flexibility index (Phi) is 7.04. The summed E-state index contributed by atoms with van der Waals surface area (Å²) in [4.78, 5) is 37.2. The van der Waals surface area contributed by atoms with Gasteiger partial charge in [0.1, 0.15) is 11.0 Å². The van der Waals surface area contributed by atoms with E-state index in [2.05, 4.69) is 41.0 Å². The van der Waals surface area contributed by atoms with Crippen molar-refractivity contribution in [1.82, 2.24) is 20.2 Å². The van der Waals surface area contributed by atoms with Gasteiger partial charge in [-0.15, -0.1) is 0 Å². The van der Waals surface area contributed by atoms with Crippen LogP contribution in [0.2, 0.25) is 5.15 Å². The molecular formula is C19H28ClN5O2S. The number of amides is 2. The lowest BCUT2D eigenvalue weighted by Crippen LogP contribution is -2.54. The molecule has 9 heteroatoms. The van der Waals surface area contributed by atoms with Crippen LogP contribution in [0.4, 0.5) is 5.82 Å². The van der Waals surface area contributed by atoms with Crippen LogP contribution >= 0.6 is 23.4 Å². The standard InChI is InChI=1S/C19H28ClN5O2S/c1-12(2)8-18(27)25-7-6-24(10-13(25)3)16-9-15(20)22-19(23-16)28-11-17(26)21-14-4-5-14/h9,12-14H,4-8,10-11H2,1-3H3,(H,21,26). The van der Waals surface area contributed by atoms with Crippen molar-refractivity contribution in [3.63, 3.8) is 0 Å². The molecule has 154 valence electrons. The van der Waals surface area contributed by atoms with Gasteiger partial charge < -0.3 is 15.1 Å². The molecule has 1 saturated heterocycles. The van der Waals surface area contributed by atoms with Gasteiger partial charge in [-0.25, -0.2) is 9.97 Å². The first kappa shape index (κ1) is 21.2. The van der Waals surface area contributed by atoms with Crippen molar-refractivity contribution in [2.75, 3.05) is 30.3 Å². The van der Waals surface area contributed by atoms with Gasteiger partial charge in [0.05, 0.1) is 5.75 Å². The molecule has 0 bridgehead atoms. The van der Waals surface area contributed by atoms with Crippen molar-refractivity contribution in [2.24, 2.45) is 5.92 Å². The average Bonchev–Trinajstić information content (AvgIpc) is 3.42. The fourth-order valence-corrected chi connectivity index (χ4v) is 4.13. The first-order valence-corrected chi connectivity index (χ1v) is 11.2. The molecule has 0 spiro atoms. The van der Waals surface area contributed by atoms with Crippen LogP contribution in [-0.4, -0.2) is 64.2 Å². The van der Waals surface area contributed by atoms with Gasteiger partial charge in [-0.1, -0.05) is 37.2 Å². The molecule has 1 unspecified atom stereocenters. The summed E-state index contributed by atoms with van der Waals surface area (Å²) in [6.07, 6.45) is 2.71. The van der Waals surface area contributed by atoms with E-state index < -0.39 is 0 Å². The van der Waals surface area contributed by atoms with E-state index in [4.69, 9.17) is 11.6 Å². The van der Waals surface area contributed by atoms with E-state index in [0.29, 0.717) is 48.3 Å². The van der Waals surface area contributed by atoms with Crippen LogP contribution in [-0.2, 0) is 9.59 Å². The lowest BCUT2D eigenvalue weighted by atomic mass is 10.1. The number of thioether (sulfide) groups is 1. The molecule has 1 aromatic heterocycles. The predicted molar refractivity (Wildman–Crippen MR) is 112 cm³/mol. The molecule has 3 rings (SSSR count). The molecule has 1 aliphatic carbocycles. The number of hydrogen-bond acceptors (Lipinski definition) is 6. The van der Waals surface area contributed by atoms with E-state index in [1.807, 2.05) is 4.90 Å². The number of hydrogen-bond donors (Lipinski definition) is 1. The van der Waals surface area contributed by atoms with Gasteiger partial charge in [0.2, 0.25) is 11.8 Å². The van der Waals surface area contributed by atoms with Crippen molar-refractivity contribution in [3.8, 4) is 0 Å². The number of carbonyl (C=O) groups excluding carboxylic acids is 2. The van der Waals surface area contributed by atoms with Crippen molar-refractivity contribution < 1.29 is 9.59 Å². The van der Waals surface area contributed by atoms with Gasteiger partial charge >= 0.3 is 0 Å². The molecule has 1 aliphatic heterocycles. The normalized spacial score (nSPS) is 19.8. The summed E-state index contributed by atoms with van der Waals surface area (Å²) in [7, 11) is 0. The molecular weight excluding hydrogens is 398 g/mol. The smallest absolute Gasteiger partial charge is 0.230 e. The second kappa shape index (κ2) is 9.31. The van der Waals surface area contributed by atoms with Crippen molar-refractivity contribution >= 4 is 41.0 Å². The summed E-state index contributed by atoms with van der Waals surface area (Å²) in [5, 5.41) is 3.82. The minimum Gasteiger partial charge on any atom is -0.353 e. The molecule has 28 heavy (non-hydrogen) atoms. The molecule has 2 aliphatic rings. The number of nitrogens with one attached hydrogen (secondary N) is 1. The van der Waals surface area contributed by atoms with Gasteiger partial charge in [0.25, 0.3) is 0 Å². The molecule has 2 amide bonds. The van der Waals surface area contributed by atoms with Gasteiger partial charge in [0.15, 0.2) is 5.16 Å². The highest BCUT2D eigenvalue weighted by atomic mass is 35.5. The molecule has 1 N–H and O–H groups in total. The zero-order valence-electron chi connectivity index (χ0n) is 16.7. The highest BCUT2D eigenvalue weighted by Crippen LogP contribution is 2.25. The maximum absolute atomic E-state index is 12.4. The molecule has 7 nitrogen and oxygen atoms in total. The lowest BCUT2D eigenvalue weighted by molar-refractivity contribution is -0.134. The third kappa shape index (κ3) is 5.98. The number of aromatic nitrogens is 2. The molecule has 2 fully saturated rings. The van der Waals surface area contributed by atoms with E-state index in [-0.39, 0.29) is 23.6 Å². The quantitative estimate of drug-likeness (QED) is 0.411. The van der Waals surface area contributed by atoms with Gasteiger partial charge in [0, 0.05) is 44.2 Å². The number of anilines is 1. The topological polar surface area (TPSA) is 78.4 Å². The van der Waals surface area contributed by atoms with Crippen LogP contribution in [0.1, 0.15) is 40.0 Å². The van der Waals surface area contributed by atoms with E-state index in [1.165, 1.54) is 11.8 Å². The van der Waals surface area contributed by atoms with Crippen LogP contribution in [0.5, 0.6) is 0 Å². The Hall–Kier alpha value is -1.54. The van der Waals surface area contributed by atoms with Gasteiger partial charge in [-0.05, 0) is 25.7 Å². The maximum atomic E-state index is 12.4. The van der Waals surface area contributed by atoms with Crippen LogP contribution in [0.15, 0.2) is 11.2 Å². The maximum Gasteiger partial charge on any atom is 0.230 e. The van der Waals surface area contributed by atoms with E-state index in [1.54, 1.807) is 6.07 Å². The Morgan fingerprint density at radius 3 is 2.71 bits per heavy atom. The molecule has 1 aromatic rings. The van der Waals surface area contributed by atoms with Crippen LogP contribution in [0, 0.1) is 5.92 Å². The second-order valence-corrected chi connectivity index (χ2v) is 9.27. The summed E-state index contributed by atoms with van der Waals surface area (Å²) in [5.74, 6) is 1.59. The Bertz CT molecular complexity index is 728. The second-order valence-electron chi connectivity index (χ2n) is 7.94. The minimum atomic E-state index is 0.00327. The number of carbonyl (C=O) groups is 2. The van der Waals surface area contributed by atoms with Crippen molar-refractivity contribution in [2.45, 2.75) is 57.3 Å². The lowest BCUT2D eigenvalue weighted by Gasteiger charge is -2.40. The van der Waals surface area contributed by atoms with Crippen LogP contribution < -0.4 is 10.2 Å². The highest BCUT2D eigenvalue weighted by molar-refractivity contribution is 7.99. The summed E-state index contributed by atoms with van der Waals surface area (Å²) in [5.41, 5.74) is 0. The fraction of sp³-hybridized carbons (Fsp3) is 0.684. The zero-order chi connectivity index (χ0) is 20.3. The average molecular weight is 426 g/mol. The molecule has 1 atom stereocenters. The Morgan fingerprint density at radius 1 is 1.32 bits per heavy atom. The highest BCUT2D eigenvalue weighted by Gasteiger charge is 2.29. The Morgan fingerprint density at radius 2 is 2.07 bits per heavy atom. The van der Waals surface area contributed by atoms with Crippen LogP contribution in [0.25, 0.3) is 0 Å². The summed E-state index contributed by atoms with van der Waals surface area (Å²) < 4.78 is 0.